The number of piperidine rings is 1. The Morgan fingerprint density at radius 2 is 2.04 bits per heavy atom. The molecule has 7 nitrogen and oxygen atoms in total. The molecule has 2 heterocycles. The molecule has 0 aliphatic carbocycles. The van der Waals surface area contributed by atoms with Crippen molar-refractivity contribution in [2.75, 3.05) is 24.5 Å². The van der Waals surface area contributed by atoms with Gasteiger partial charge in [0.15, 0.2) is 5.78 Å². The molecule has 1 aromatic heterocycles. The van der Waals surface area contributed by atoms with Crippen molar-refractivity contribution in [3.63, 3.8) is 0 Å². The minimum absolute atomic E-state index is 0.00580. The van der Waals surface area contributed by atoms with Crippen LogP contribution in [0, 0.1) is 17.2 Å². The molecule has 1 aromatic carbocycles. The first-order valence-corrected chi connectivity index (χ1v) is 9.05. The molecule has 7 heteroatoms. The van der Waals surface area contributed by atoms with Gasteiger partial charge >= 0.3 is 0 Å². The normalized spacial score (nSPS) is 14.6. The van der Waals surface area contributed by atoms with Crippen molar-refractivity contribution in [3.8, 4) is 6.07 Å². The van der Waals surface area contributed by atoms with E-state index in [1.165, 1.54) is 6.92 Å². The van der Waals surface area contributed by atoms with Gasteiger partial charge in [0, 0.05) is 38.4 Å². The molecule has 0 bridgehead atoms. The van der Waals surface area contributed by atoms with Crippen LogP contribution in [0.2, 0.25) is 0 Å². The summed E-state index contributed by atoms with van der Waals surface area (Å²) in [5.41, 5.74) is 2.59. The van der Waals surface area contributed by atoms with Gasteiger partial charge in [0.2, 0.25) is 0 Å². The van der Waals surface area contributed by atoms with Crippen molar-refractivity contribution in [3.05, 3.63) is 47.3 Å². The maximum Gasteiger partial charge on any atom is 0.254 e. The van der Waals surface area contributed by atoms with Gasteiger partial charge in [-0.2, -0.15) is 10.4 Å². The van der Waals surface area contributed by atoms with E-state index in [0.29, 0.717) is 29.2 Å². The molecule has 2 aromatic rings. The van der Waals surface area contributed by atoms with Gasteiger partial charge in [-0.05, 0) is 43.9 Å². The fourth-order valence-electron chi connectivity index (χ4n) is 3.36. The van der Waals surface area contributed by atoms with Crippen LogP contribution in [0.3, 0.4) is 0 Å². The second-order valence-electron chi connectivity index (χ2n) is 6.94. The van der Waals surface area contributed by atoms with Gasteiger partial charge in [-0.15, -0.1) is 0 Å². The van der Waals surface area contributed by atoms with Crippen LogP contribution < -0.4 is 10.2 Å². The molecule has 1 amide bonds. The number of benzene rings is 1. The molecule has 0 saturated carbocycles. The van der Waals surface area contributed by atoms with Crippen LogP contribution in [-0.2, 0) is 7.05 Å². The summed E-state index contributed by atoms with van der Waals surface area (Å²) in [7, 11) is 1.78. The van der Waals surface area contributed by atoms with Crippen LogP contribution in [0.1, 0.15) is 46.0 Å². The Bertz CT molecular complexity index is 888. The van der Waals surface area contributed by atoms with Crippen LogP contribution in [-0.4, -0.2) is 41.1 Å². The molecule has 1 fully saturated rings. The zero-order chi connectivity index (χ0) is 19.4. The first kappa shape index (κ1) is 18.6. The SMILES string of the molecule is CC(=O)c1ccc(C#N)c(N2CCC(CNC(=O)c3cnn(C)c3)CC2)c1. The van der Waals surface area contributed by atoms with E-state index in [1.807, 2.05) is 6.07 Å². The number of nitrogens with one attached hydrogen (secondary N) is 1. The van der Waals surface area contributed by atoms with E-state index in [9.17, 15) is 14.9 Å². The van der Waals surface area contributed by atoms with Crippen molar-refractivity contribution in [2.24, 2.45) is 13.0 Å². The van der Waals surface area contributed by atoms with E-state index >= 15 is 0 Å². The quantitative estimate of drug-likeness (QED) is 0.820. The van der Waals surface area contributed by atoms with E-state index in [4.69, 9.17) is 0 Å². The number of carbonyl (C=O) groups is 2. The number of nitrogens with zero attached hydrogens (tertiary/aromatic N) is 4. The highest BCUT2D eigenvalue weighted by Gasteiger charge is 2.22. The molecule has 140 valence electrons. The van der Waals surface area contributed by atoms with Crippen LogP contribution in [0.5, 0.6) is 0 Å². The van der Waals surface area contributed by atoms with Crippen molar-refractivity contribution in [1.82, 2.24) is 15.1 Å². The molecular formula is C20H23N5O2. The number of amides is 1. The third-order valence-corrected chi connectivity index (χ3v) is 5.00. The minimum atomic E-state index is -0.105. The zero-order valence-electron chi connectivity index (χ0n) is 15.6. The maximum atomic E-state index is 12.1. The Labute approximate surface area is 158 Å². The van der Waals surface area contributed by atoms with Gasteiger partial charge in [0.25, 0.3) is 5.91 Å². The largest absolute Gasteiger partial charge is 0.370 e. The van der Waals surface area contributed by atoms with Gasteiger partial charge in [-0.1, -0.05) is 0 Å². The monoisotopic (exact) mass is 365 g/mol. The number of hydrogen-bond donors (Lipinski definition) is 1. The number of Topliss-reactive ketones (excluding diaryl/α,β-unsaturated/α-hetero) is 1. The van der Waals surface area contributed by atoms with Gasteiger partial charge in [-0.3, -0.25) is 14.3 Å². The summed E-state index contributed by atoms with van der Waals surface area (Å²) in [5, 5.41) is 16.4. The molecule has 1 N–H and O–H groups in total. The summed E-state index contributed by atoms with van der Waals surface area (Å²) in [5.74, 6) is 0.281. The lowest BCUT2D eigenvalue weighted by Crippen LogP contribution is -2.39. The zero-order valence-corrected chi connectivity index (χ0v) is 15.6. The Morgan fingerprint density at radius 1 is 1.30 bits per heavy atom. The Balaban J connectivity index is 1.57. The predicted octanol–water partition coefficient (Wildman–Crippen LogP) is 2.14. The maximum absolute atomic E-state index is 12.1. The molecule has 0 radical (unpaired) electrons. The van der Waals surface area contributed by atoms with Crippen molar-refractivity contribution in [2.45, 2.75) is 19.8 Å². The average Bonchev–Trinajstić information content (AvgIpc) is 3.12. The summed E-state index contributed by atoms with van der Waals surface area (Å²) < 4.78 is 1.61. The standard InChI is InChI=1S/C20H23N5O2/c1-14(26)16-3-4-17(10-21)19(9-16)25-7-5-15(6-8-25)11-22-20(27)18-12-23-24(2)13-18/h3-4,9,12-13,15H,5-8,11H2,1-2H3,(H,22,27). The summed E-state index contributed by atoms with van der Waals surface area (Å²) in [6.45, 7) is 3.75. The van der Waals surface area contributed by atoms with Crippen LogP contribution >= 0.6 is 0 Å². The summed E-state index contributed by atoms with van der Waals surface area (Å²) >= 11 is 0. The van der Waals surface area contributed by atoms with Gasteiger partial charge < -0.3 is 10.2 Å². The summed E-state index contributed by atoms with van der Waals surface area (Å²) in [6, 6.07) is 7.44. The van der Waals surface area contributed by atoms with Gasteiger partial charge in [0.1, 0.15) is 6.07 Å². The molecule has 3 rings (SSSR count). The van der Waals surface area contributed by atoms with E-state index < -0.39 is 0 Å². The fraction of sp³-hybridized carbons (Fsp3) is 0.400. The lowest BCUT2D eigenvalue weighted by atomic mass is 9.95. The third-order valence-electron chi connectivity index (χ3n) is 5.00. The Morgan fingerprint density at radius 3 is 2.63 bits per heavy atom. The molecule has 0 atom stereocenters. The molecule has 0 unspecified atom stereocenters. The smallest absolute Gasteiger partial charge is 0.254 e. The topological polar surface area (TPSA) is 91.0 Å². The van der Waals surface area contributed by atoms with Crippen LogP contribution in [0.15, 0.2) is 30.6 Å². The van der Waals surface area contributed by atoms with Crippen molar-refractivity contribution in [1.29, 1.82) is 5.26 Å². The van der Waals surface area contributed by atoms with E-state index in [-0.39, 0.29) is 11.7 Å². The fourth-order valence-corrected chi connectivity index (χ4v) is 3.36. The highest BCUT2D eigenvalue weighted by Crippen LogP contribution is 2.27. The number of nitriles is 1. The average molecular weight is 365 g/mol. The minimum Gasteiger partial charge on any atom is -0.370 e. The van der Waals surface area contributed by atoms with Crippen molar-refractivity contribution < 1.29 is 9.59 Å². The molecule has 1 aliphatic rings. The van der Waals surface area contributed by atoms with Crippen LogP contribution in [0.4, 0.5) is 5.69 Å². The number of ketones is 1. The van der Waals surface area contributed by atoms with Gasteiger partial charge in [0.05, 0.1) is 23.0 Å². The second-order valence-corrected chi connectivity index (χ2v) is 6.94. The highest BCUT2D eigenvalue weighted by molar-refractivity contribution is 5.95. The Kier molecular flexibility index (Phi) is 5.55. The third kappa shape index (κ3) is 4.34. The second kappa shape index (κ2) is 8.04. The molecule has 27 heavy (non-hydrogen) atoms. The number of carbonyl (C=O) groups excluding carboxylic acids is 2. The molecular weight excluding hydrogens is 342 g/mol. The summed E-state index contributed by atoms with van der Waals surface area (Å²) in [4.78, 5) is 25.9. The lowest BCUT2D eigenvalue weighted by Gasteiger charge is -2.34. The van der Waals surface area contributed by atoms with E-state index in [2.05, 4.69) is 21.4 Å². The number of aryl methyl sites for hydroxylation is 1. The number of anilines is 1. The Hall–Kier alpha value is -3.14. The number of rotatable bonds is 5. The number of aromatic nitrogens is 2. The van der Waals surface area contributed by atoms with Gasteiger partial charge in [-0.25, -0.2) is 0 Å². The lowest BCUT2D eigenvalue weighted by molar-refractivity contribution is 0.0944. The first-order valence-electron chi connectivity index (χ1n) is 9.05. The predicted molar refractivity (Wildman–Crippen MR) is 102 cm³/mol. The molecule has 1 aliphatic heterocycles. The first-order chi connectivity index (χ1) is 13.0. The van der Waals surface area contributed by atoms with E-state index in [1.54, 1.807) is 36.3 Å². The van der Waals surface area contributed by atoms with Crippen molar-refractivity contribution >= 4 is 17.4 Å². The van der Waals surface area contributed by atoms with E-state index in [0.717, 1.165) is 31.6 Å². The number of hydrogen-bond acceptors (Lipinski definition) is 5. The molecule has 1 saturated heterocycles. The summed E-state index contributed by atoms with van der Waals surface area (Å²) in [6.07, 6.45) is 5.09. The molecule has 0 spiro atoms. The highest BCUT2D eigenvalue weighted by atomic mass is 16.1. The van der Waals surface area contributed by atoms with Crippen LogP contribution in [0.25, 0.3) is 0 Å².